The minimum atomic E-state index is 0.734. The van der Waals surface area contributed by atoms with Crippen molar-refractivity contribution in [2.75, 3.05) is 25.4 Å². The summed E-state index contributed by atoms with van der Waals surface area (Å²) in [5, 5.41) is 6.63. The molecule has 2 rings (SSSR count). The average Bonchev–Trinajstić information content (AvgIpc) is 3.06. The zero-order valence-electron chi connectivity index (χ0n) is 12.9. The van der Waals surface area contributed by atoms with Gasteiger partial charge in [0.1, 0.15) is 0 Å². The molecule has 0 radical (unpaired) electrons. The van der Waals surface area contributed by atoms with Crippen molar-refractivity contribution in [1.82, 2.24) is 20.2 Å². The Morgan fingerprint density at radius 2 is 2.14 bits per heavy atom. The highest BCUT2D eigenvalue weighted by molar-refractivity contribution is 7.99. The number of thioether (sulfide) groups is 1. The number of nitrogens with one attached hydrogen (secondary N) is 2. The van der Waals surface area contributed by atoms with E-state index in [9.17, 15) is 0 Å². The first-order chi connectivity index (χ1) is 10.9. The second kappa shape index (κ2) is 9.89. The molecule has 0 aliphatic heterocycles. The maximum atomic E-state index is 4.57. The van der Waals surface area contributed by atoms with Crippen molar-refractivity contribution in [2.24, 2.45) is 4.99 Å². The summed E-state index contributed by atoms with van der Waals surface area (Å²) < 4.78 is 2.03. The zero-order valence-corrected chi connectivity index (χ0v) is 13.7. The van der Waals surface area contributed by atoms with Crippen LogP contribution in [-0.4, -0.2) is 40.9 Å². The predicted molar refractivity (Wildman–Crippen MR) is 93.4 cm³/mol. The number of aliphatic imine (C=N–C) groups is 1. The molecule has 0 atom stereocenters. The molecule has 6 heteroatoms. The maximum absolute atomic E-state index is 4.57. The number of benzene rings is 1. The quantitative estimate of drug-likeness (QED) is 0.339. The number of rotatable bonds is 8. The topological polar surface area (TPSA) is 54.2 Å². The Morgan fingerprint density at radius 3 is 2.86 bits per heavy atom. The average molecular weight is 317 g/mol. The molecular formula is C16H23N5S. The van der Waals surface area contributed by atoms with E-state index in [-0.39, 0.29) is 0 Å². The van der Waals surface area contributed by atoms with Gasteiger partial charge >= 0.3 is 0 Å². The summed E-state index contributed by atoms with van der Waals surface area (Å²) in [7, 11) is 0. The second-order valence-corrected chi connectivity index (χ2v) is 5.82. The Labute approximate surface area is 136 Å². The second-order valence-electron chi connectivity index (χ2n) is 4.65. The molecule has 1 aromatic heterocycles. The molecule has 0 saturated carbocycles. The lowest BCUT2D eigenvalue weighted by molar-refractivity contribution is 0.700. The van der Waals surface area contributed by atoms with E-state index in [0.29, 0.717) is 0 Å². The molecule has 118 valence electrons. The van der Waals surface area contributed by atoms with Gasteiger partial charge in [0.2, 0.25) is 0 Å². The van der Waals surface area contributed by atoms with E-state index >= 15 is 0 Å². The molecule has 0 bridgehead atoms. The summed E-state index contributed by atoms with van der Waals surface area (Å²) in [6.45, 7) is 5.40. The summed E-state index contributed by atoms with van der Waals surface area (Å²) >= 11 is 1.84. The molecule has 1 aromatic carbocycles. The number of hydrogen-bond donors (Lipinski definition) is 2. The van der Waals surface area contributed by atoms with Gasteiger partial charge in [-0.25, -0.2) is 4.98 Å². The Hall–Kier alpha value is -1.95. The SMILES string of the molecule is CCNC(=NCCn1ccnc1)NCCSc1ccccc1. The molecule has 2 N–H and O–H groups in total. The standard InChI is InChI=1S/C16H23N5S/c1-2-18-16(19-9-12-21-11-8-17-14-21)20-10-13-22-15-6-4-3-5-7-15/h3-8,11,14H,2,9-10,12-13H2,1H3,(H2,18,19,20). The molecule has 0 aliphatic carbocycles. The summed E-state index contributed by atoms with van der Waals surface area (Å²) in [6, 6.07) is 10.4. The maximum Gasteiger partial charge on any atom is 0.191 e. The normalized spacial score (nSPS) is 11.4. The third kappa shape index (κ3) is 6.22. The molecule has 0 unspecified atom stereocenters. The van der Waals surface area contributed by atoms with Crippen LogP contribution in [0.4, 0.5) is 0 Å². The highest BCUT2D eigenvalue weighted by Crippen LogP contribution is 2.15. The number of nitrogens with zero attached hydrogens (tertiary/aromatic N) is 3. The van der Waals surface area contributed by atoms with E-state index in [2.05, 4.69) is 51.8 Å². The van der Waals surface area contributed by atoms with Crippen LogP contribution >= 0.6 is 11.8 Å². The third-order valence-electron chi connectivity index (χ3n) is 2.94. The van der Waals surface area contributed by atoms with Crippen LogP contribution in [0.1, 0.15) is 6.92 Å². The Bertz CT molecular complexity index is 539. The lowest BCUT2D eigenvalue weighted by Crippen LogP contribution is -2.38. The van der Waals surface area contributed by atoms with Crippen LogP contribution in [0.3, 0.4) is 0 Å². The van der Waals surface area contributed by atoms with Crippen molar-refractivity contribution in [2.45, 2.75) is 18.4 Å². The molecule has 1 heterocycles. The van der Waals surface area contributed by atoms with Gasteiger partial charge in [0.05, 0.1) is 12.9 Å². The van der Waals surface area contributed by atoms with E-state index in [1.54, 1.807) is 6.20 Å². The number of guanidine groups is 1. The van der Waals surface area contributed by atoms with Gasteiger partial charge in [0.15, 0.2) is 5.96 Å². The van der Waals surface area contributed by atoms with Crippen molar-refractivity contribution in [3.05, 3.63) is 49.1 Å². The van der Waals surface area contributed by atoms with Gasteiger partial charge in [-0.3, -0.25) is 4.99 Å². The van der Waals surface area contributed by atoms with E-state index < -0.39 is 0 Å². The van der Waals surface area contributed by atoms with Gasteiger partial charge in [-0.2, -0.15) is 0 Å². The van der Waals surface area contributed by atoms with Crippen LogP contribution in [0.25, 0.3) is 0 Å². The van der Waals surface area contributed by atoms with E-state index in [1.165, 1.54) is 4.90 Å². The van der Waals surface area contributed by atoms with Crippen molar-refractivity contribution in [3.63, 3.8) is 0 Å². The molecule has 0 aliphatic rings. The van der Waals surface area contributed by atoms with Crippen molar-refractivity contribution in [1.29, 1.82) is 0 Å². The fourth-order valence-electron chi connectivity index (χ4n) is 1.89. The van der Waals surface area contributed by atoms with Gasteiger partial charge in [-0.15, -0.1) is 11.8 Å². The predicted octanol–water partition coefficient (Wildman–Crippen LogP) is 2.23. The highest BCUT2D eigenvalue weighted by atomic mass is 32.2. The highest BCUT2D eigenvalue weighted by Gasteiger charge is 1.97. The van der Waals surface area contributed by atoms with Crippen LogP contribution < -0.4 is 10.6 Å². The molecule has 0 saturated heterocycles. The van der Waals surface area contributed by atoms with Crippen molar-refractivity contribution in [3.8, 4) is 0 Å². The van der Waals surface area contributed by atoms with Crippen LogP contribution in [0.2, 0.25) is 0 Å². The Morgan fingerprint density at radius 1 is 1.27 bits per heavy atom. The minimum absolute atomic E-state index is 0.734. The van der Waals surface area contributed by atoms with Crippen LogP contribution in [0.5, 0.6) is 0 Å². The first-order valence-corrected chi connectivity index (χ1v) is 8.53. The molecule has 0 fully saturated rings. The molecule has 0 spiro atoms. The zero-order chi connectivity index (χ0) is 15.5. The summed E-state index contributed by atoms with van der Waals surface area (Å²) in [5.74, 6) is 1.88. The van der Waals surface area contributed by atoms with E-state index in [1.807, 2.05) is 34.9 Å². The fourth-order valence-corrected chi connectivity index (χ4v) is 2.68. The molecular weight excluding hydrogens is 294 g/mol. The van der Waals surface area contributed by atoms with Crippen molar-refractivity contribution >= 4 is 17.7 Å². The fraction of sp³-hybridized carbons (Fsp3) is 0.375. The van der Waals surface area contributed by atoms with E-state index in [4.69, 9.17) is 0 Å². The molecule has 5 nitrogen and oxygen atoms in total. The van der Waals surface area contributed by atoms with Gasteiger partial charge in [0.25, 0.3) is 0 Å². The van der Waals surface area contributed by atoms with E-state index in [0.717, 1.165) is 37.9 Å². The first-order valence-electron chi connectivity index (χ1n) is 7.54. The number of imidazole rings is 1. The van der Waals surface area contributed by atoms with Crippen molar-refractivity contribution < 1.29 is 0 Å². The Kier molecular flexibility index (Phi) is 7.38. The first kappa shape index (κ1) is 16.4. The smallest absolute Gasteiger partial charge is 0.191 e. The van der Waals surface area contributed by atoms with Gasteiger partial charge in [0, 0.05) is 42.7 Å². The minimum Gasteiger partial charge on any atom is -0.357 e. The monoisotopic (exact) mass is 317 g/mol. The van der Waals surface area contributed by atoms with Gasteiger partial charge < -0.3 is 15.2 Å². The lowest BCUT2D eigenvalue weighted by Gasteiger charge is -2.11. The summed E-state index contributed by atoms with van der Waals surface area (Å²) in [5.41, 5.74) is 0. The van der Waals surface area contributed by atoms with Gasteiger partial charge in [-0.1, -0.05) is 18.2 Å². The molecule has 22 heavy (non-hydrogen) atoms. The molecule has 2 aromatic rings. The number of aromatic nitrogens is 2. The van der Waals surface area contributed by atoms with Crippen LogP contribution in [-0.2, 0) is 6.54 Å². The lowest BCUT2D eigenvalue weighted by atomic mass is 10.4. The largest absolute Gasteiger partial charge is 0.357 e. The van der Waals surface area contributed by atoms with Gasteiger partial charge in [-0.05, 0) is 19.1 Å². The summed E-state index contributed by atoms with van der Waals surface area (Å²) in [4.78, 5) is 9.89. The summed E-state index contributed by atoms with van der Waals surface area (Å²) in [6.07, 6.45) is 5.55. The van der Waals surface area contributed by atoms with Crippen LogP contribution in [0.15, 0.2) is 58.9 Å². The third-order valence-corrected chi connectivity index (χ3v) is 3.95. The Balaban J connectivity index is 1.69. The number of hydrogen-bond acceptors (Lipinski definition) is 3. The van der Waals surface area contributed by atoms with Crippen LogP contribution in [0, 0.1) is 0 Å². The molecule has 0 amide bonds.